The number of hydrogen-bond acceptors (Lipinski definition) is 4. The van der Waals surface area contributed by atoms with Crippen LogP contribution in [0.5, 0.6) is 0 Å². The molecular weight excluding hydrogens is 324 g/mol. The van der Waals surface area contributed by atoms with Crippen LogP contribution in [0.2, 0.25) is 0 Å². The van der Waals surface area contributed by atoms with Crippen molar-refractivity contribution in [2.75, 3.05) is 13.1 Å². The predicted octanol–water partition coefficient (Wildman–Crippen LogP) is 3.40. The van der Waals surface area contributed by atoms with Crippen molar-refractivity contribution >= 4 is 27.3 Å². The molecule has 1 fully saturated rings. The molecule has 1 aromatic rings. The fraction of sp³-hybridized carbons (Fsp3) is 0.714. The van der Waals surface area contributed by atoms with Gasteiger partial charge in [0.2, 0.25) is 0 Å². The average molecular weight is 347 g/mol. The molecule has 2 rings (SSSR count). The van der Waals surface area contributed by atoms with Crippen molar-refractivity contribution in [3.8, 4) is 0 Å². The van der Waals surface area contributed by atoms with Crippen LogP contribution in [0.4, 0.5) is 0 Å². The molecule has 0 aliphatic carbocycles. The van der Waals surface area contributed by atoms with Gasteiger partial charge in [0, 0.05) is 24.0 Å². The van der Waals surface area contributed by atoms with Crippen molar-refractivity contribution in [1.82, 2.24) is 4.90 Å². The van der Waals surface area contributed by atoms with E-state index in [1.807, 2.05) is 0 Å². The van der Waals surface area contributed by atoms with Crippen molar-refractivity contribution in [3.05, 3.63) is 20.8 Å². The Kier molecular flexibility index (Phi) is 5.43. The summed E-state index contributed by atoms with van der Waals surface area (Å²) < 4.78 is 7.00. The minimum Gasteiger partial charge on any atom is -0.373 e. The lowest BCUT2D eigenvalue weighted by Crippen LogP contribution is -2.51. The van der Waals surface area contributed by atoms with Gasteiger partial charge in [0.15, 0.2) is 0 Å². The number of ether oxygens (including phenoxy) is 1. The van der Waals surface area contributed by atoms with Crippen molar-refractivity contribution in [2.45, 2.75) is 51.5 Å². The highest BCUT2D eigenvalue weighted by atomic mass is 79.9. The van der Waals surface area contributed by atoms with Gasteiger partial charge in [-0.1, -0.05) is 6.92 Å². The van der Waals surface area contributed by atoms with Crippen LogP contribution in [0, 0.1) is 0 Å². The summed E-state index contributed by atoms with van der Waals surface area (Å²) in [5.74, 6) is 0. The molecule has 2 heterocycles. The van der Waals surface area contributed by atoms with Gasteiger partial charge >= 0.3 is 0 Å². The van der Waals surface area contributed by atoms with Gasteiger partial charge in [0.1, 0.15) is 0 Å². The molecule has 19 heavy (non-hydrogen) atoms. The Morgan fingerprint density at radius 1 is 1.42 bits per heavy atom. The standard InChI is InChI=1S/C14H23BrN2OS/c1-4-11(16)14(12-5-6-13(15)19-12)17-7-9(2)18-10(3)8-17/h5-6,9-11,14H,4,7-8,16H2,1-3H3/t9-,10+,11?,14?. The minimum atomic E-state index is 0.169. The molecule has 0 spiro atoms. The van der Waals surface area contributed by atoms with Gasteiger partial charge in [0.05, 0.1) is 22.0 Å². The smallest absolute Gasteiger partial charge is 0.0702 e. The summed E-state index contributed by atoms with van der Waals surface area (Å²) in [6.07, 6.45) is 1.54. The molecule has 0 bridgehead atoms. The predicted molar refractivity (Wildman–Crippen MR) is 84.6 cm³/mol. The number of hydrogen-bond donors (Lipinski definition) is 1. The molecule has 5 heteroatoms. The Labute approximate surface area is 128 Å². The number of nitrogens with zero attached hydrogens (tertiary/aromatic N) is 1. The first kappa shape index (κ1) is 15.4. The lowest BCUT2D eigenvalue weighted by molar-refractivity contribution is -0.0834. The number of halogens is 1. The zero-order valence-corrected chi connectivity index (χ0v) is 14.2. The fourth-order valence-electron chi connectivity index (χ4n) is 2.82. The van der Waals surface area contributed by atoms with Crippen molar-refractivity contribution in [2.24, 2.45) is 5.73 Å². The summed E-state index contributed by atoms with van der Waals surface area (Å²) in [7, 11) is 0. The van der Waals surface area contributed by atoms with E-state index in [-0.39, 0.29) is 18.2 Å². The largest absolute Gasteiger partial charge is 0.373 e. The van der Waals surface area contributed by atoms with Gasteiger partial charge in [-0.25, -0.2) is 0 Å². The van der Waals surface area contributed by atoms with Crippen LogP contribution in [0.3, 0.4) is 0 Å². The summed E-state index contributed by atoms with van der Waals surface area (Å²) in [6, 6.07) is 4.78. The van der Waals surface area contributed by atoms with E-state index in [4.69, 9.17) is 10.5 Å². The number of morpholine rings is 1. The highest BCUT2D eigenvalue weighted by Gasteiger charge is 2.32. The van der Waals surface area contributed by atoms with E-state index in [0.29, 0.717) is 6.04 Å². The fourth-order valence-corrected chi connectivity index (χ4v) is 4.45. The second kappa shape index (κ2) is 6.68. The third-order valence-corrected chi connectivity index (χ3v) is 5.30. The highest BCUT2D eigenvalue weighted by molar-refractivity contribution is 9.11. The molecule has 0 aromatic carbocycles. The topological polar surface area (TPSA) is 38.5 Å². The molecule has 1 aliphatic heterocycles. The maximum Gasteiger partial charge on any atom is 0.0702 e. The normalized spacial score (nSPS) is 28.3. The number of thiophene rings is 1. The second-order valence-electron chi connectivity index (χ2n) is 5.37. The summed E-state index contributed by atoms with van der Waals surface area (Å²) in [6.45, 7) is 8.35. The first-order valence-corrected chi connectivity index (χ1v) is 8.52. The third-order valence-electron chi connectivity index (χ3n) is 3.60. The van der Waals surface area contributed by atoms with Gasteiger partial charge in [-0.2, -0.15) is 0 Å². The van der Waals surface area contributed by atoms with E-state index in [0.717, 1.165) is 19.5 Å². The first-order chi connectivity index (χ1) is 9.01. The minimum absolute atomic E-state index is 0.169. The van der Waals surface area contributed by atoms with Crippen molar-refractivity contribution in [1.29, 1.82) is 0 Å². The summed E-state index contributed by atoms with van der Waals surface area (Å²) in [5.41, 5.74) is 6.39. The Morgan fingerprint density at radius 2 is 2.05 bits per heavy atom. The van der Waals surface area contributed by atoms with Crippen LogP contribution < -0.4 is 5.73 Å². The van der Waals surface area contributed by atoms with E-state index < -0.39 is 0 Å². The van der Waals surface area contributed by atoms with Gasteiger partial charge in [-0.15, -0.1) is 11.3 Å². The maximum atomic E-state index is 6.39. The summed E-state index contributed by atoms with van der Waals surface area (Å²) in [4.78, 5) is 3.84. The quantitative estimate of drug-likeness (QED) is 0.907. The highest BCUT2D eigenvalue weighted by Crippen LogP contribution is 2.34. The van der Waals surface area contributed by atoms with Gasteiger partial charge in [-0.05, 0) is 48.3 Å². The molecular formula is C14H23BrN2OS. The van der Waals surface area contributed by atoms with E-state index in [1.165, 1.54) is 8.66 Å². The van der Waals surface area contributed by atoms with Crippen LogP contribution >= 0.6 is 27.3 Å². The molecule has 0 saturated carbocycles. The van der Waals surface area contributed by atoms with E-state index in [9.17, 15) is 0 Å². The average Bonchev–Trinajstić information content (AvgIpc) is 2.74. The van der Waals surface area contributed by atoms with E-state index >= 15 is 0 Å². The zero-order chi connectivity index (χ0) is 14.0. The summed E-state index contributed by atoms with van der Waals surface area (Å²) >= 11 is 5.34. The Bertz CT molecular complexity index is 402. The molecule has 2 unspecified atom stereocenters. The Balaban J connectivity index is 2.22. The summed E-state index contributed by atoms with van der Waals surface area (Å²) in [5, 5.41) is 0. The van der Waals surface area contributed by atoms with Crippen molar-refractivity contribution < 1.29 is 4.74 Å². The molecule has 0 amide bonds. The molecule has 108 valence electrons. The molecule has 1 saturated heterocycles. The number of nitrogens with two attached hydrogens (primary N) is 1. The monoisotopic (exact) mass is 346 g/mol. The van der Waals surface area contributed by atoms with Crippen LogP contribution in [0.15, 0.2) is 15.9 Å². The zero-order valence-electron chi connectivity index (χ0n) is 11.8. The van der Waals surface area contributed by atoms with Crippen LogP contribution in [-0.2, 0) is 4.74 Å². The maximum absolute atomic E-state index is 6.39. The molecule has 4 atom stereocenters. The molecule has 1 aromatic heterocycles. The lowest BCUT2D eigenvalue weighted by Gasteiger charge is -2.41. The van der Waals surface area contributed by atoms with E-state index in [2.05, 4.69) is 53.7 Å². The van der Waals surface area contributed by atoms with Gasteiger partial charge in [0.25, 0.3) is 0 Å². The Morgan fingerprint density at radius 3 is 2.53 bits per heavy atom. The van der Waals surface area contributed by atoms with Crippen LogP contribution in [0.25, 0.3) is 0 Å². The Hall–Kier alpha value is 0.0600. The molecule has 3 nitrogen and oxygen atoms in total. The molecule has 2 N–H and O–H groups in total. The molecule has 1 aliphatic rings. The second-order valence-corrected chi connectivity index (χ2v) is 7.86. The van der Waals surface area contributed by atoms with Crippen molar-refractivity contribution in [3.63, 3.8) is 0 Å². The van der Waals surface area contributed by atoms with Gasteiger partial charge in [-0.3, -0.25) is 4.90 Å². The van der Waals surface area contributed by atoms with Crippen LogP contribution in [-0.4, -0.2) is 36.2 Å². The van der Waals surface area contributed by atoms with Gasteiger partial charge < -0.3 is 10.5 Å². The lowest BCUT2D eigenvalue weighted by atomic mass is 10.0. The third kappa shape index (κ3) is 3.79. The van der Waals surface area contributed by atoms with Crippen LogP contribution in [0.1, 0.15) is 38.1 Å². The molecule has 0 radical (unpaired) electrons. The number of rotatable bonds is 4. The van der Waals surface area contributed by atoms with E-state index in [1.54, 1.807) is 11.3 Å². The SMILES string of the molecule is CCC(N)C(c1ccc(Br)s1)N1C[C@@H](C)O[C@@H](C)C1. The first-order valence-electron chi connectivity index (χ1n) is 6.91.